The maximum absolute atomic E-state index is 12.1. The van der Waals surface area contributed by atoms with E-state index in [4.69, 9.17) is 0 Å². The minimum Gasteiger partial charge on any atom is -0.481 e. The first-order chi connectivity index (χ1) is 10.7. The van der Waals surface area contributed by atoms with Gasteiger partial charge in [0.1, 0.15) is 0 Å². The highest BCUT2D eigenvalue weighted by molar-refractivity contribution is 5.76. The largest absolute Gasteiger partial charge is 0.481 e. The van der Waals surface area contributed by atoms with Gasteiger partial charge in [-0.2, -0.15) is 0 Å². The molecule has 1 fully saturated rings. The third-order valence-corrected chi connectivity index (χ3v) is 8.06. The molecule has 3 aliphatic carbocycles. The van der Waals surface area contributed by atoms with Gasteiger partial charge in [-0.15, -0.1) is 0 Å². The Bertz CT molecular complexity index is 585. The lowest BCUT2D eigenvalue weighted by Crippen LogP contribution is -2.60. The quantitative estimate of drug-likeness (QED) is 0.720. The molecule has 0 heterocycles. The lowest BCUT2D eigenvalue weighted by atomic mass is 9.39. The number of rotatable bonds is 2. The van der Waals surface area contributed by atoms with Gasteiger partial charge in [-0.05, 0) is 67.3 Å². The third-order valence-electron chi connectivity index (χ3n) is 8.06. The molecule has 0 aromatic heterocycles. The minimum atomic E-state index is -0.607. The van der Waals surface area contributed by atoms with Crippen molar-refractivity contribution in [3.63, 3.8) is 0 Å². The van der Waals surface area contributed by atoms with E-state index in [9.17, 15) is 9.90 Å². The monoisotopic (exact) mass is 316 g/mol. The Kier molecular flexibility index (Phi) is 3.82. The van der Waals surface area contributed by atoms with E-state index in [1.807, 2.05) is 6.92 Å². The zero-order valence-corrected chi connectivity index (χ0v) is 15.4. The fourth-order valence-corrected chi connectivity index (χ4v) is 5.88. The zero-order valence-electron chi connectivity index (χ0n) is 15.4. The van der Waals surface area contributed by atoms with Crippen LogP contribution in [-0.4, -0.2) is 11.1 Å². The summed E-state index contributed by atoms with van der Waals surface area (Å²) in [4.78, 5) is 12.1. The maximum Gasteiger partial charge on any atom is 0.309 e. The van der Waals surface area contributed by atoms with Gasteiger partial charge in [-0.1, -0.05) is 51.8 Å². The molecule has 1 saturated carbocycles. The van der Waals surface area contributed by atoms with Gasteiger partial charge in [-0.25, -0.2) is 0 Å². The second kappa shape index (κ2) is 5.22. The van der Waals surface area contributed by atoms with Crippen molar-refractivity contribution >= 4 is 5.97 Å². The number of hydrogen-bond acceptors (Lipinski definition) is 1. The fourth-order valence-electron chi connectivity index (χ4n) is 5.88. The summed E-state index contributed by atoms with van der Waals surface area (Å²) in [6.45, 7) is 11.2. The average Bonchev–Trinajstić information content (AvgIpc) is 2.49. The molecule has 0 aliphatic heterocycles. The lowest BCUT2D eigenvalue weighted by molar-refractivity contribution is -0.181. The van der Waals surface area contributed by atoms with Crippen LogP contribution in [0.1, 0.15) is 73.1 Å². The first kappa shape index (κ1) is 16.8. The second-order valence-corrected chi connectivity index (χ2v) is 9.11. The Morgan fingerprint density at radius 3 is 2.57 bits per heavy atom. The van der Waals surface area contributed by atoms with Crippen LogP contribution in [0, 0.1) is 28.1 Å². The first-order valence-electron chi connectivity index (χ1n) is 9.30. The number of fused-ring (bicyclic) bond motifs is 3. The number of allylic oxidation sites excluding steroid dienone is 4. The van der Waals surface area contributed by atoms with Crippen molar-refractivity contribution in [3.8, 4) is 0 Å². The van der Waals surface area contributed by atoms with E-state index in [1.165, 1.54) is 24.8 Å². The number of hydrogen-bond donors (Lipinski definition) is 1. The molecule has 0 bridgehead atoms. The predicted octanol–water partition coefficient (Wildman–Crippen LogP) is 5.60. The molecular weight excluding hydrogens is 284 g/mol. The van der Waals surface area contributed by atoms with Gasteiger partial charge < -0.3 is 5.11 Å². The van der Waals surface area contributed by atoms with E-state index in [2.05, 4.69) is 39.8 Å². The molecule has 2 heteroatoms. The fraction of sp³-hybridized carbons (Fsp3) is 0.762. The topological polar surface area (TPSA) is 37.3 Å². The summed E-state index contributed by atoms with van der Waals surface area (Å²) in [5.74, 6) is 0.549. The highest BCUT2D eigenvalue weighted by Gasteiger charge is 2.64. The summed E-state index contributed by atoms with van der Waals surface area (Å²) in [5.41, 5.74) is 2.40. The highest BCUT2D eigenvalue weighted by atomic mass is 16.4. The van der Waals surface area contributed by atoms with Crippen molar-refractivity contribution < 1.29 is 9.90 Å². The first-order valence-corrected chi connectivity index (χ1v) is 9.30. The van der Waals surface area contributed by atoms with E-state index in [1.54, 1.807) is 5.57 Å². The van der Waals surface area contributed by atoms with Gasteiger partial charge in [0, 0.05) is 0 Å². The SMILES string of the molecule is CC(C)C1=CC2=CC[C@@]3(C)[C@](C)(C(=O)O)CCC[C@]3(C)[C@H]2CC1. The zero-order chi connectivity index (χ0) is 17.0. The van der Waals surface area contributed by atoms with Crippen molar-refractivity contribution in [2.75, 3.05) is 0 Å². The molecule has 2 nitrogen and oxygen atoms in total. The van der Waals surface area contributed by atoms with E-state index in [-0.39, 0.29) is 10.8 Å². The van der Waals surface area contributed by atoms with E-state index in [0.29, 0.717) is 11.8 Å². The Morgan fingerprint density at radius 1 is 1.26 bits per heavy atom. The highest BCUT2D eigenvalue weighted by Crippen LogP contribution is 2.68. The van der Waals surface area contributed by atoms with Crippen LogP contribution in [0.2, 0.25) is 0 Å². The summed E-state index contributed by atoms with van der Waals surface area (Å²) in [6, 6.07) is 0. The summed E-state index contributed by atoms with van der Waals surface area (Å²) < 4.78 is 0. The molecule has 0 aromatic carbocycles. The van der Waals surface area contributed by atoms with E-state index < -0.39 is 11.4 Å². The van der Waals surface area contributed by atoms with Crippen LogP contribution in [-0.2, 0) is 4.79 Å². The van der Waals surface area contributed by atoms with Crippen LogP contribution in [0.15, 0.2) is 23.3 Å². The molecule has 0 amide bonds. The smallest absolute Gasteiger partial charge is 0.309 e. The van der Waals surface area contributed by atoms with E-state index >= 15 is 0 Å². The second-order valence-electron chi connectivity index (χ2n) is 9.11. The van der Waals surface area contributed by atoms with Gasteiger partial charge >= 0.3 is 5.97 Å². The van der Waals surface area contributed by atoms with Crippen molar-refractivity contribution in [3.05, 3.63) is 23.3 Å². The number of aliphatic carboxylic acids is 1. The Labute approximate surface area is 141 Å². The van der Waals surface area contributed by atoms with Gasteiger partial charge in [-0.3, -0.25) is 4.79 Å². The van der Waals surface area contributed by atoms with Crippen molar-refractivity contribution in [2.45, 2.75) is 73.1 Å². The summed E-state index contributed by atoms with van der Waals surface area (Å²) >= 11 is 0. The molecule has 128 valence electrons. The lowest BCUT2D eigenvalue weighted by Gasteiger charge is -2.63. The molecule has 3 rings (SSSR count). The van der Waals surface area contributed by atoms with Gasteiger partial charge in [0.15, 0.2) is 0 Å². The molecule has 0 spiro atoms. The number of carboxylic acids is 1. The van der Waals surface area contributed by atoms with Crippen LogP contribution in [0.25, 0.3) is 0 Å². The predicted molar refractivity (Wildman–Crippen MR) is 94.2 cm³/mol. The molecule has 0 aromatic rings. The molecule has 0 unspecified atom stereocenters. The molecule has 4 atom stereocenters. The Hall–Kier alpha value is -1.05. The standard InChI is InChI=1S/C21H32O2/c1-14(2)15-7-8-17-16(13-15)9-12-21(5)19(17,3)10-6-11-20(21,4)18(22)23/h9,13-14,17H,6-8,10-12H2,1-5H3,(H,22,23)/t17-,19+,20-,21+/m0/s1. The van der Waals surface area contributed by atoms with Crippen LogP contribution in [0.5, 0.6) is 0 Å². The van der Waals surface area contributed by atoms with Crippen LogP contribution < -0.4 is 0 Å². The van der Waals surface area contributed by atoms with E-state index in [0.717, 1.165) is 19.3 Å². The average molecular weight is 316 g/mol. The molecule has 23 heavy (non-hydrogen) atoms. The molecule has 0 saturated heterocycles. The third kappa shape index (κ3) is 2.09. The summed E-state index contributed by atoms with van der Waals surface area (Å²) in [6.07, 6.45) is 11.1. The maximum atomic E-state index is 12.1. The minimum absolute atomic E-state index is 0.0987. The van der Waals surface area contributed by atoms with Gasteiger partial charge in [0.05, 0.1) is 5.41 Å². The Morgan fingerprint density at radius 2 is 1.96 bits per heavy atom. The van der Waals surface area contributed by atoms with Crippen molar-refractivity contribution in [2.24, 2.45) is 28.1 Å². The van der Waals surface area contributed by atoms with Crippen molar-refractivity contribution in [1.29, 1.82) is 0 Å². The summed E-state index contributed by atoms with van der Waals surface area (Å²) in [5, 5.41) is 9.99. The van der Waals surface area contributed by atoms with Crippen LogP contribution >= 0.6 is 0 Å². The number of carbonyl (C=O) groups is 1. The van der Waals surface area contributed by atoms with Gasteiger partial charge in [0.25, 0.3) is 0 Å². The summed E-state index contributed by atoms with van der Waals surface area (Å²) in [7, 11) is 0. The number of carboxylic acid groups (broad SMARTS) is 1. The van der Waals surface area contributed by atoms with Gasteiger partial charge in [0.2, 0.25) is 0 Å². The van der Waals surface area contributed by atoms with Crippen LogP contribution in [0.3, 0.4) is 0 Å². The Balaban J connectivity index is 2.08. The molecule has 3 aliphatic rings. The van der Waals surface area contributed by atoms with Crippen molar-refractivity contribution in [1.82, 2.24) is 0 Å². The molecule has 1 N–H and O–H groups in total. The normalized spacial score (nSPS) is 43.3. The van der Waals surface area contributed by atoms with Crippen LogP contribution in [0.4, 0.5) is 0 Å². The molecule has 0 radical (unpaired) electrons. The molecular formula is C21H32O2.